The van der Waals surface area contributed by atoms with E-state index in [9.17, 15) is 14.3 Å². The lowest BCUT2D eigenvalue weighted by atomic mass is 10.1. The van der Waals surface area contributed by atoms with Gasteiger partial charge in [-0.25, -0.2) is 4.39 Å². The maximum atomic E-state index is 13.4. The first-order chi connectivity index (χ1) is 8.97. The van der Waals surface area contributed by atoms with Crippen molar-refractivity contribution >= 4 is 11.6 Å². The molecule has 0 atom stereocenters. The number of halogens is 1. The summed E-state index contributed by atoms with van der Waals surface area (Å²) < 4.78 is 13.4. The van der Waals surface area contributed by atoms with Gasteiger partial charge in [0, 0.05) is 11.3 Å². The predicted octanol–water partition coefficient (Wildman–Crippen LogP) is 3.40. The van der Waals surface area contributed by atoms with Crippen molar-refractivity contribution in [3.8, 4) is 5.75 Å². The van der Waals surface area contributed by atoms with Gasteiger partial charge in [0.2, 0.25) is 0 Å². The maximum Gasteiger partial charge on any atom is 0.255 e. The first-order valence-corrected chi connectivity index (χ1v) is 5.84. The highest BCUT2D eigenvalue weighted by Crippen LogP contribution is 2.19. The summed E-state index contributed by atoms with van der Waals surface area (Å²) in [7, 11) is 0. The maximum absolute atomic E-state index is 13.4. The SMILES string of the molecule is Cc1cc(C(=O)Nc2ccc(C)c(F)c2)ccc1O. The van der Waals surface area contributed by atoms with Gasteiger partial charge in [0.25, 0.3) is 5.91 Å². The van der Waals surface area contributed by atoms with Crippen molar-refractivity contribution in [3.63, 3.8) is 0 Å². The van der Waals surface area contributed by atoms with Crippen molar-refractivity contribution < 1.29 is 14.3 Å². The smallest absolute Gasteiger partial charge is 0.255 e. The van der Waals surface area contributed by atoms with Crippen LogP contribution in [0, 0.1) is 19.7 Å². The van der Waals surface area contributed by atoms with E-state index < -0.39 is 0 Å². The summed E-state index contributed by atoms with van der Waals surface area (Å²) in [5, 5.41) is 12.0. The molecule has 1 amide bonds. The third-order valence-electron chi connectivity index (χ3n) is 2.89. The van der Waals surface area contributed by atoms with Crippen LogP contribution in [-0.2, 0) is 0 Å². The molecule has 0 saturated heterocycles. The minimum atomic E-state index is -0.361. The molecule has 0 aliphatic carbocycles. The Kier molecular flexibility index (Phi) is 3.51. The number of benzene rings is 2. The molecule has 2 N–H and O–H groups in total. The van der Waals surface area contributed by atoms with Crippen molar-refractivity contribution in [1.29, 1.82) is 0 Å². The molecular weight excluding hydrogens is 245 g/mol. The number of aromatic hydroxyl groups is 1. The molecule has 98 valence electrons. The number of hydrogen-bond acceptors (Lipinski definition) is 2. The highest BCUT2D eigenvalue weighted by atomic mass is 19.1. The molecule has 0 fully saturated rings. The lowest BCUT2D eigenvalue weighted by molar-refractivity contribution is 0.102. The van der Waals surface area contributed by atoms with Crippen molar-refractivity contribution in [2.75, 3.05) is 5.32 Å². The number of anilines is 1. The van der Waals surface area contributed by atoms with Crippen LogP contribution in [0.3, 0.4) is 0 Å². The molecule has 0 spiro atoms. The van der Waals surface area contributed by atoms with Gasteiger partial charge in [0.15, 0.2) is 0 Å². The van der Waals surface area contributed by atoms with Gasteiger partial charge in [0.1, 0.15) is 11.6 Å². The molecule has 0 aromatic heterocycles. The second-order valence-electron chi connectivity index (χ2n) is 4.42. The quantitative estimate of drug-likeness (QED) is 0.868. The molecule has 3 nitrogen and oxygen atoms in total. The zero-order chi connectivity index (χ0) is 14.0. The second-order valence-corrected chi connectivity index (χ2v) is 4.42. The second kappa shape index (κ2) is 5.10. The van der Waals surface area contributed by atoms with Crippen molar-refractivity contribution in [2.24, 2.45) is 0 Å². The fourth-order valence-corrected chi connectivity index (χ4v) is 1.67. The van der Waals surface area contributed by atoms with Gasteiger partial charge in [0.05, 0.1) is 0 Å². The van der Waals surface area contributed by atoms with Crippen molar-refractivity contribution in [2.45, 2.75) is 13.8 Å². The van der Waals surface area contributed by atoms with E-state index >= 15 is 0 Å². The number of phenols is 1. The van der Waals surface area contributed by atoms with Crippen LogP contribution < -0.4 is 5.32 Å². The van der Waals surface area contributed by atoms with Crippen molar-refractivity contribution in [1.82, 2.24) is 0 Å². The van der Waals surface area contributed by atoms with Gasteiger partial charge in [-0.1, -0.05) is 6.07 Å². The molecule has 0 aliphatic rings. The number of phenolic OH excluding ortho intramolecular Hbond substituents is 1. The fraction of sp³-hybridized carbons (Fsp3) is 0.133. The monoisotopic (exact) mass is 259 g/mol. The largest absolute Gasteiger partial charge is 0.508 e. The predicted molar refractivity (Wildman–Crippen MR) is 71.9 cm³/mol. The lowest BCUT2D eigenvalue weighted by Gasteiger charge is -2.07. The molecule has 2 aromatic rings. The molecule has 0 unspecified atom stereocenters. The third-order valence-corrected chi connectivity index (χ3v) is 2.89. The topological polar surface area (TPSA) is 49.3 Å². The van der Waals surface area contributed by atoms with E-state index in [1.807, 2.05) is 0 Å². The van der Waals surface area contributed by atoms with E-state index in [1.54, 1.807) is 32.0 Å². The molecule has 2 rings (SSSR count). The summed E-state index contributed by atoms with van der Waals surface area (Å²) in [4.78, 5) is 12.0. The van der Waals surface area contributed by atoms with Crippen molar-refractivity contribution in [3.05, 3.63) is 58.9 Å². The normalized spacial score (nSPS) is 10.3. The van der Waals surface area contributed by atoms with Crippen LogP contribution in [0.2, 0.25) is 0 Å². The third kappa shape index (κ3) is 2.91. The summed E-state index contributed by atoms with van der Waals surface area (Å²) in [6, 6.07) is 9.08. The number of hydrogen-bond donors (Lipinski definition) is 2. The average Bonchev–Trinajstić information content (AvgIpc) is 2.37. The Morgan fingerprint density at radius 2 is 1.84 bits per heavy atom. The van der Waals surface area contributed by atoms with Gasteiger partial charge >= 0.3 is 0 Å². The van der Waals surface area contributed by atoms with Gasteiger partial charge in [-0.2, -0.15) is 0 Å². The van der Waals surface area contributed by atoms with Crippen LogP contribution in [0.25, 0.3) is 0 Å². The first kappa shape index (κ1) is 13.1. The minimum absolute atomic E-state index is 0.137. The Labute approximate surface area is 110 Å². The summed E-state index contributed by atoms with van der Waals surface area (Å²) in [6.45, 7) is 3.36. The molecule has 19 heavy (non-hydrogen) atoms. The van der Waals surface area contributed by atoms with Crippen LogP contribution in [-0.4, -0.2) is 11.0 Å². The Bertz CT molecular complexity index is 638. The Balaban J connectivity index is 2.20. The zero-order valence-corrected chi connectivity index (χ0v) is 10.7. The van der Waals surface area contributed by atoms with Crippen LogP contribution >= 0.6 is 0 Å². The lowest BCUT2D eigenvalue weighted by Crippen LogP contribution is -2.12. The summed E-state index contributed by atoms with van der Waals surface area (Å²) in [6.07, 6.45) is 0. The van der Waals surface area contributed by atoms with E-state index in [-0.39, 0.29) is 17.5 Å². The van der Waals surface area contributed by atoms with Gasteiger partial charge in [-0.15, -0.1) is 0 Å². The Hall–Kier alpha value is -2.36. The van der Waals surface area contributed by atoms with E-state index in [2.05, 4.69) is 5.32 Å². The van der Waals surface area contributed by atoms with Crippen LogP contribution in [0.1, 0.15) is 21.5 Å². The Morgan fingerprint density at radius 3 is 2.47 bits per heavy atom. The van der Waals surface area contributed by atoms with Crippen LogP contribution in [0.15, 0.2) is 36.4 Å². The van der Waals surface area contributed by atoms with Gasteiger partial charge in [-0.3, -0.25) is 4.79 Å². The standard InChI is InChI=1S/C15H14FNO2/c1-9-3-5-12(8-13(9)16)17-15(19)11-4-6-14(18)10(2)7-11/h3-8,18H,1-2H3,(H,17,19). The zero-order valence-electron chi connectivity index (χ0n) is 10.7. The fourth-order valence-electron chi connectivity index (χ4n) is 1.67. The van der Waals surface area contributed by atoms with Crippen LogP contribution in [0.4, 0.5) is 10.1 Å². The average molecular weight is 259 g/mol. The van der Waals surface area contributed by atoms with Gasteiger partial charge in [-0.05, 0) is 55.3 Å². The molecule has 0 heterocycles. The van der Waals surface area contributed by atoms with E-state index in [0.29, 0.717) is 22.4 Å². The summed E-state index contributed by atoms with van der Waals surface area (Å²) >= 11 is 0. The highest BCUT2D eigenvalue weighted by molar-refractivity contribution is 6.04. The summed E-state index contributed by atoms with van der Waals surface area (Å²) in [5.74, 6) is -0.566. The molecule has 0 radical (unpaired) electrons. The number of carbonyl (C=O) groups excluding carboxylic acids is 1. The number of nitrogens with one attached hydrogen (secondary N) is 1. The van der Waals surface area contributed by atoms with E-state index in [4.69, 9.17) is 0 Å². The molecule has 4 heteroatoms. The van der Waals surface area contributed by atoms with Gasteiger partial charge < -0.3 is 10.4 Å². The molecular formula is C15H14FNO2. The molecule has 2 aromatic carbocycles. The van der Waals surface area contributed by atoms with E-state index in [0.717, 1.165) is 0 Å². The van der Waals surface area contributed by atoms with E-state index in [1.165, 1.54) is 18.2 Å². The highest BCUT2D eigenvalue weighted by Gasteiger charge is 2.08. The van der Waals surface area contributed by atoms with Crippen LogP contribution in [0.5, 0.6) is 5.75 Å². The Morgan fingerprint density at radius 1 is 1.11 bits per heavy atom. The number of aryl methyl sites for hydroxylation is 2. The first-order valence-electron chi connectivity index (χ1n) is 5.84. The number of amides is 1. The minimum Gasteiger partial charge on any atom is -0.508 e. The number of rotatable bonds is 2. The molecule has 0 saturated carbocycles. The number of carbonyl (C=O) groups is 1. The molecule has 0 aliphatic heterocycles. The molecule has 0 bridgehead atoms. The summed E-state index contributed by atoms with van der Waals surface area (Å²) in [5.41, 5.74) is 1.95.